The number of carbonyl (C=O) groups is 1. The van der Waals surface area contributed by atoms with Gasteiger partial charge < -0.3 is 25.4 Å². The average molecular weight is 504 g/mol. The first-order valence-corrected chi connectivity index (χ1v) is 9.68. The third-order valence-corrected chi connectivity index (χ3v) is 4.58. The lowest BCUT2D eigenvalue weighted by Crippen LogP contribution is -2.47. The van der Waals surface area contributed by atoms with Crippen LogP contribution in [0.4, 0.5) is 0 Å². The zero-order chi connectivity index (χ0) is 19.6. The number of primary amides is 1. The first-order chi connectivity index (χ1) is 13.1. The lowest BCUT2D eigenvalue weighted by molar-refractivity contribution is -0.119. The summed E-state index contributed by atoms with van der Waals surface area (Å²) in [6.45, 7) is 7.68. The summed E-state index contributed by atoms with van der Waals surface area (Å²) in [6, 6.07) is 5.88. The van der Waals surface area contributed by atoms with Gasteiger partial charge in [-0.15, -0.1) is 24.0 Å². The maximum Gasteiger partial charge on any atom is 0.217 e. The number of benzene rings is 1. The number of rotatable bonds is 8. The van der Waals surface area contributed by atoms with Gasteiger partial charge in [0.2, 0.25) is 5.91 Å². The molecule has 1 amide bonds. The Labute approximate surface area is 185 Å². The summed E-state index contributed by atoms with van der Waals surface area (Å²) in [5, 5.41) is 3.36. The van der Waals surface area contributed by atoms with E-state index in [2.05, 4.69) is 17.1 Å². The predicted octanol–water partition coefficient (Wildman–Crippen LogP) is 2.76. The molecule has 1 aromatic rings. The molecule has 1 aliphatic heterocycles. The minimum Gasteiger partial charge on any atom is -0.493 e. The van der Waals surface area contributed by atoms with Gasteiger partial charge in [-0.25, -0.2) is 4.99 Å². The van der Waals surface area contributed by atoms with Crippen LogP contribution in [0.15, 0.2) is 23.2 Å². The van der Waals surface area contributed by atoms with Crippen molar-refractivity contribution in [3.63, 3.8) is 0 Å². The van der Waals surface area contributed by atoms with Crippen LogP contribution in [0, 0.1) is 5.92 Å². The fourth-order valence-electron chi connectivity index (χ4n) is 3.39. The van der Waals surface area contributed by atoms with E-state index in [1.807, 2.05) is 25.1 Å². The van der Waals surface area contributed by atoms with Gasteiger partial charge in [-0.1, -0.05) is 6.07 Å². The molecule has 1 aromatic carbocycles. The van der Waals surface area contributed by atoms with Crippen molar-refractivity contribution in [3.05, 3.63) is 23.8 Å². The van der Waals surface area contributed by atoms with Crippen LogP contribution in [0.1, 0.15) is 38.7 Å². The van der Waals surface area contributed by atoms with Gasteiger partial charge in [0.1, 0.15) is 0 Å². The predicted molar refractivity (Wildman–Crippen MR) is 123 cm³/mol. The van der Waals surface area contributed by atoms with Crippen LogP contribution >= 0.6 is 24.0 Å². The fraction of sp³-hybridized carbons (Fsp3) is 0.600. The Balaban J connectivity index is 0.00000392. The van der Waals surface area contributed by atoms with Gasteiger partial charge in [-0.2, -0.15) is 0 Å². The van der Waals surface area contributed by atoms with E-state index in [4.69, 9.17) is 20.2 Å². The molecule has 0 aliphatic carbocycles. The molecule has 1 fully saturated rings. The van der Waals surface area contributed by atoms with E-state index in [1.165, 1.54) is 0 Å². The van der Waals surface area contributed by atoms with Gasteiger partial charge >= 0.3 is 0 Å². The number of ether oxygens (including phenoxy) is 2. The van der Waals surface area contributed by atoms with Crippen LogP contribution in [-0.2, 0) is 11.3 Å². The molecule has 1 heterocycles. The van der Waals surface area contributed by atoms with Gasteiger partial charge in [-0.3, -0.25) is 4.79 Å². The number of halogens is 1. The summed E-state index contributed by atoms with van der Waals surface area (Å²) in [6.07, 6.45) is 2.51. The first kappa shape index (κ1) is 24.3. The highest BCUT2D eigenvalue weighted by Crippen LogP contribution is 2.28. The van der Waals surface area contributed by atoms with E-state index in [0.29, 0.717) is 25.5 Å². The van der Waals surface area contributed by atoms with E-state index in [9.17, 15) is 4.79 Å². The lowest BCUT2D eigenvalue weighted by Gasteiger charge is -2.34. The zero-order valence-corrected chi connectivity index (χ0v) is 19.4. The summed E-state index contributed by atoms with van der Waals surface area (Å²) in [5.41, 5.74) is 6.43. The molecule has 1 atom stereocenters. The summed E-state index contributed by atoms with van der Waals surface area (Å²) >= 11 is 0. The van der Waals surface area contributed by atoms with Crippen molar-refractivity contribution >= 4 is 35.8 Å². The van der Waals surface area contributed by atoms with E-state index in [0.717, 1.165) is 55.5 Å². The minimum atomic E-state index is -0.231. The molecular formula is C20H33IN4O3. The Morgan fingerprint density at radius 3 is 2.79 bits per heavy atom. The van der Waals surface area contributed by atoms with Gasteiger partial charge in [0.05, 0.1) is 20.3 Å². The number of carbonyl (C=O) groups excluding carboxylic acids is 1. The van der Waals surface area contributed by atoms with Crippen molar-refractivity contribution in [2.75, 3.05) is 33.4 Å². The van der Waals surface area contributed by atoms with Gasteiger partial charge in [0, 0.05) is 26.1 Å². The van der Waals surface area contributed by atoms with E-state index >= 15 is 0 Å². The zero-order valence-electron chi connectivity index (χ0n) is 17.1. The molecule has 0 saturated carbocycles. The third-order valence-electron chi connectivity index (χ3n) is 4.58. The largest absolute Gasteiger partial charge is 0.493 e. The second kappa shape index (κ2) is 12.7. The van der Waals surface area contributed by atoms with Gasteiger partial charge in [0.25, 0.3) is 0 Å². The topological polar surface area (TPSA) is 89.2 Å². The number of methoxy groups -OCH3 is 1. The smallest absolute Gasteiger partial charge is 0.217 e. The molecule has 0 bridgehead atoms. The van der Waals surface area contributed by atoms with Crippen molar-refractivity contribution in [1.29, 1.82) is 0 Å². The number of nitrogens with zero attached hydrogens (tertiary/aromatic N) is 2. The molecule has 3 N–H and O–H groups in total. The summed E-state index contributed by atoms with van der Waals surface area (Å²) in [5.74, 6) is 2.40. The maximum absolute atomic E-state index is 11.3. The summed E-state index contributed by atoms with van der Waals surface area (Å²) in [4.78, 5) is 18.3. The molecule has 0 spiro atoms. The minimum absolute atomic E-state index is 0. The number of amides is 1. The number of guanidine groups is 1. The number of nitrogens with two attached hydrogens (primary N) is 1. The molecule has 0 radical (unpaired) electrons. The number of piperidine rings is 1. The number of hydrogen-bond donors (Lipinski definition) is 2. The van der Waals surface area contributed by atoms with E-state index in [-0.39, 0.29) is 29.9 Å². The van der Waals surface area contributed by atoms with Crippen LogP contribution in [0.5, 0.6) is 11.5 Å². The SMILES string of the molecule is CCNC(=NCc1ccc(OC)c(OCC)c1)N1CCCC(CC(N)=O)C1.I. The molecule has 28 heavy (non-hydrogen) atoms. The van der Waals surface area contributed by atoms with Crippen molar-refractivity contribution in [2.45, 2.75) is 39.7 Å². The van der Waals surface area contributed by atoms with Crippen molar-refractivity contribution in [3.8, 4) is 11.5 Å². The van der Waals surface area contributed by atoms with Crippen LogP contribution < -0.4 is 20.5 Å². The Bertz CT molecular complexity index is 654. The number of hydrogen-bond acceptors (Lipinski definition) is 4. The standard InChI is InChI=1S/C20H32N4O3.HI/c1-4-22-20(24-10-6-7-16(14-24)12-19(21)25)23-13-15-8-9-17(26-3)18(11-15)27-5-2;/h8-9,11,16H,4-7,10,12-14H2,1-3H3,(H2,21,25)(H,22,23);1H. The average Bonchev–Trinajstić information content (AvgIpc) is 2.65. The Kier molecular flexibility index (Phi) is 11.0. The van der Waals surface area contributed by atoms with E-state index in [1.54, 1.807) is 7.11 Å². The molecule has 158 valence electrons. The lowest BCUT2D eigenvalue weighted by atomic mass is 9.95. The number of likely N-dealkylation sites (tertiary alicyclic amines) is 1. The highest BCUT2D eigenvalue weighted by molar-refractivity contribution is 14.0. The van der Waals surface area contributed by atoms with Crippen LogP contribution in [-0.4, -0.2) is 50.1 Å². The first-order valence-electron chi connectivity index (χ1n) is 9.68. The van der Waals surface area contributed by atoms with Crippen molar-refractivity contribution in [1.82, 2.24) is 10.2 Å². The maximum atomic E-state index is 11.3. The van der Waals surface area contributed by atoms with E-state index < -0.39 is 0 Å². The number of aliphatic imine (C=N–C) groups is 1. The van der Waals surface area contributed by atoms with Crippen LogP contribution in [0.3, 0.4) is 0 Å². The molecular weight excluding hydrogens is 471 g/mol. The molecule has 2 rings (SSSR count). The second-order valence-electron chi connectivity index (χ2n) is 6.71. The Morgan fingerprint density at radius 1 is 1.36 bits per heavy atom. The van der Waals surface area contributed by atoms with Crippen molar-refractivity contribution in [2.24, 2.45) is 16.6 Å². The second-order valence-corrected chi connectivity index (χ2v) is 6.71. The van der Waals surface area contributed by atoms with Crippen LogP contribution in [0.25, 0.3) is 0 Å². The molecule has 1 unspecified atom stereocenters. The van der Waals surface area contributed by atoms with Crippen molar-refractivity contribution < 1.29 is 14.3 Å². The Hall–Kier alpha value is -1.71. The molecule has 0 aromatic heterocycles. The van der Waals surface area contributed by atoms with Gasteiger partial charge in [-0.05, 0) is 50.3 Å². The third kappa shape index (κ3) is 7.37. The monoisotopic (exact) mass is 504 g/mol. The fourth-order valence-corrected chi connectivity index (χ4v) is 3.39. The molecule has 1 saturated heterocycles. The number of nitrogens with one attached hydrogen (secondary N) is 1. The normalized spacial score (nSPS) is 16.9. The molecule has 7 nitrogen and oxygen atoms in total. The Morgan fingerprint density at radius 2 is 2.14 bits per heavy atom. The molecule has 8 heteroatoms. The summed E-state index contributed by atoms with van der Waals surface area (Å²) in [7, 11) is 1.64. The molecule has 1 aliphatic rings. The quantitative estimate of drug-likeness (QED) is 0.323. The highest BCUT2D eigenvalue weighted by Gasteiger charge is 2.23. The highest BCUT2D eigenvalue weighted by atomic mass is 127. The van der Waals surface area contributed by atoms with Gasteiger partial charge in [0.15, 0.2) is 17.5 Å². The van der Waals surface area contributed by atoms with Crippen LogP contribution in [0.2, 0.25) is 0 Å². The summed E-state index contributed by atoms with van der Waals surface area (Å²) < 4.78 is 11.0.